The second kappa shape index (κ2) is 11.0. The molecule has 0 radical (unpaired) electrons. The summed E-state index contributed by atoms with van der Waals surface area (Å²) in [6, 6.07) is 7.20. The van der Waals surface area contributed by atoms with Crippen molar-refractivity contribution in [2.24, 2.45) is 0 Å². The van der Waals surface area contributed by atoms with Gasteiger partial charge in [-0.25, -0.2) is 18.6 Å². The van der Waals surface area contributed by atoms with Crippen LogP contribution in [0, 0.1) is 11.6 Å². The molecule has 2 heterocycles. The van der Waals surface area contributed by atoms with Gasteiger partial charge in [-0.05, 0) is 24.3 Å². The second-order valence-electron chi connectivity index (χ2n) is 7.26. The van der Waals surface area contributed by atoms with Crippen molar-refractivity contribution in [1.29, 1.82) is 0 Å². The summed E-state index contributed by atoms with van der Waals surface area (Å²) >= 11 is 0.914. The summed E-state index contributed by atoms with van der Waals surface area (Å²) in [5.41, 5.74) is 5.52. The smallest absolute Gasteiger partial charge is 0.321 e. The average molecular weight is 532 g/mol. The number of aliphatic hydroxyl groups is 1. The van der Waals surface area contributed by atoms with Crippen LogP contribution in [-0.4, -0.2) is 52.4 Å². The molecule has 4 aromatic rings. The Morgan fingerprint density at radius 2 is 1.97 bits per heavy atom. The number of amides is 3. The van der Waals surface area contributed by atoms with Crippen molar-refractivity contribution in [2.75, 3.05) is 36.6 Å². The minimum Gasteiger partial charge on any atom is -0.497 e. The third kappa shape index (κ3) is 5.79. The Kier molecular flexibility index (Phi) is 7.55. The number of carbonyl (C=O) groups excluding carboxylic acids is 2. The molecule has 2 aromatic carbocycles. The Hall–Kier alpha value is -4.63. The molecule has 0 fully saturated rings. The van der Waals surface area contributed by atoms with E-state index in [1.54, 1.807) is 12.1 Å². The molecule has 12 nitrogen and oxygen atoms in total. The molecule has 0 aliphatic rings. The van der Waals surface area contributed by atoms with Crippen LogP contribution >= 0.6 is 11.3 Å². The van der Waals surface area contributed by atoms with Crippen molar-refractivity contribution >= 4 is 39.9 Å². The van der Waals surface area contributed by atoms with Gasteiger partial charge in [0.15, 0.2) is 5.13 Å². The van der Waals surface area contributed by atoms with Gasteiger partial charge in [0.1, 0.15) is 28.1 Å². The number of nitrogens with zero attached hydrogens (tertiary/aromatic N) is 3. The van der Waals surface area contributed by atoms with Gasteiger partial charge in [0.25, 0.3) is 11.8 Å². The minimum atomic E-state index is -1.01. The van der Waals surface area contributed by atoms with Crippen molar-refractivity contribution in [3.05, 3.63) is 53.6 Å². The highest BCUT2D eigenvalue weighted by molar-refractivity contribution is 7.19. The molecule has 3 amide bonds. The maximum atomic E-state index is 14.6. The number of hydrogen-bond acceptors (Lipinski definition) is 10. The van der Waals surface area contributed by atoms with Gasteiger partial charge in [0.2, 0.25) is 5.82 Å². The highest BCUT2D eigenvalue weighted by Crippen LogP contribution is 2.35. The number of anilines is 3. The number of ether oxygens (including phenoxy) is 1. The number of hydrogen-bond donors (Lipinski definition) is 5. The lowest BCUT2D eigenvalue weighted by Gasteiger charge is -2.09. The van der Waals surface area contributed by atoms with E-state index in [0.29, 0.717) is 11.8 Å². The Labute approximate surface area is 211 Å². The zero-order valence-electron chi connectivity index (χ0n) is 19.0. The highest BCUT2D eigenvalue weighted by atomic mass is 32.1. The molecule has 15 heteroatoms. The number of aliphatic hydroxyl groups excluding tert-OH is 1. The molecule has 0 spiro atoms. The van der Waals surface area contributed by atoms with E-state index in [1.807, 2.05) is 0 Å². The number of thiazole rings is 1. The number of urea groups is 1. The number of halogens is 2. The van der Waals surface area contributed by atoms with Gasteiger partial charge in [-0.15, -0.1) is 0 Å². The molecule has 6 N–H and O–H groups in total. The molecule has 0 atom stereocenters. The molecule has 0 unspecified atom stereocenters. The fourth-order valence-electron chi connectivity index (χ4n) is 3.05. The molecular weight excluding hydrogens is 512 g/mol. The Morgan fingerprint density at radius 3 is 2.73 bits per heavy atom. The van der Waals surface area contributed by atoms with Gasteiger partial charge >= 0.3 is 6.03 Å². The van der Waals surface area contributed by atoms with Gasteiger partial charge < -0.3 is 30.7 Å². The zero-order chi connectivity index (χ0) is 26.5. The lowest BCUT2D eigenvalue weighted by molar-refractivity contribution is 0.102. The number of nitrogen functional groups attached to an aromatic ring is 1. The van der Waals surface area contributed by atoms with E-state index in [0.717, 1.165) is 17.4 Å². The number of benzene rings is 2. The largest absolute Gasteiger partial charge is 0.497 e. The normalized spacial score (nSPS) is 10.7. The molecule has 2 aromatic heterocycles. The minimum absolute atomic E-state index is 0.0384. The third-order valence-electron chi connectivity index (χ3n) is 4.77. The summed E-state index contributed by atoms with van der Waals surface area (Å²) in [7, 11) is 1.44. The van der Waals surface area contributed by atoms with Crippen LogP contribution in [0.3, 0.4) is 0 Å². The highest BCUT2D eigenvalue weighted by Gasteiger charge is 2.22. The van der Waals surface area contributed by atoms with Gasteiger partial charge in [0.05, 0.1) is 25.0 Å². The average Bonchev–Trinajstić information content (AvgIpc) is 3.50. The predicted octanol–water partition coefficient (Wildman–Crippen LogP) is 3.10. The maximum Gasteiger partial charge on any atom is 0.321 e. The van der Waals surface area contributed by atoms with E-state index in [-0.39, 0.29) is 57.5 Å². The Balaban J connectivity index is 1.57. The SMILES string of the molecule is COc1cccc(C(=O)Nc2cc(-c3noc(-c4sc(NC(=O)NCCO)nc4N)n3)c(F)cc2F)c1. The standard InChI is InChI=1S/C22H19F2N7O5S/c1-35-11-4-2-3-10(7-11)19(33)27-15-8-12(13(23)9-14(15)24)18-29-20(36-31-18)16-17(25)28-22(37-16)30-21(34)26-5-6-32/h2-4,7-9,32H,5-6,25H2,1H3,(H,27,33)(H2,26,28,30,34). The van der Waals surface area contributed by atoms with Crippen LogP contribution in [0.25, 0.3) is 22.2 Å². The summed E-state index contributed by atoms with van der Waals surface area (Å²) in [6.07, 6.45) is 0. The van der Waals surface area contributed by atoms with Crippen LogP contribution in [0.2, 0.25) is 0 Å². The fraction of sp³-hybridized carbons (Fsp3) is 0.136. The molecule has 37 heavy (non-hydrogen) atoms. The molecule has 0 bridgehead atoms. The van der Waals surface area contributed by atoms with E-state index >= 15 is 0 Å². The monoisotopic (exact) mass is 531 g/mol. The Bertz CT molecular complexity index is 1460. The van der Waals surface area contributed by atoms with Gasteiger partial charge in [-0.3, -0.25) is 10.1 Å². The first-order valence-electron chi connectivity index (χ1n) is 10.5. The number of methoxy groups -OCH3 is 1. The first kappa shape index (κ1) is 25.5. The molecule has 0 saturated carbocycles. The van der Waals surface area contributed by atoms with E-state index in [4.69, 9.17) is 20.1 Å². The Morgan fingerprint density at radius 1 is 1.16 bits per heavy atom. The molecular formula is C22H19F2N7O5S. The summed E-state index contributed by atoms with van der Waals surface area (Å²) in [5, 5.41) is 19.8. The van der Waals surface area contributed by atoms with Crippen LogP contribution in [0.15, 0.2) is 40.9 Å². The topological polar surface area (TPSA) is 178 Å². The quantitative estimate of drug-likeness (QED) is 0.228. The molecule has 0 saturated heterocycles. The van der Waals surface area contributed by atoms with Crippen LogP contribution in [0.1, 0.15) is 10.4 Å². The van der Waals surface area contributed by atoms with Gasteiger partial charge in [-0.2, -0.15) is 4.98 Å². The summed E-state index contributed by atoms with van der Waals surface area (Å²) in [4.78, 5) is 32.6. The first-order chi connectivity index (χ1) is 17.8. The number of rotatable bonds is 8. The van der Waals surface area contributed by atoms with E-state index in [1.165, 1.54) is 19.2 Å². The van der Waals surface area contributed by atoms with Gasteiger partial charge in [0, 0.05) is 18.2 Å². The number of carbonyl (C=O) groups is 2. The van der Waals surface area contributed by atoms with Crippen LogP contribution in [-0.2, 0) is 0 Å². The summed E-state index contributed by atoms with van der Waals surface area (Å²) in [6.45, 7) is -0.201. The third-order valence-corrected chi connectivity index (χ3v) is 5.74. The zero-order valence-corrected chi connectivity index (χ0v) is 19.9. The lowest BCUT2D eigenvalue weighted by atomic mass is 10.1. The van der Waals surface area contributed by atoms with Crippen molar-refractivity contribution in [3.8, 4) is 27.9 Å². The lowest BCUT2D eigenvalue weighted by Crippen LogP contribution is -2.30. The number of nitrogens with two attached hydrogens (primary N) is 1. The number of nitrogens with one attached hydrogen (secondary N) is 3. The van der Waals surface area contributed by atoms with Crippen molar-refractivity contribution < 1.29 is 32.7 Å². The van der Waals surface area contributed by atoms with Crippen LogP contribution < -0.4 is 26.4 Å². The van der Waals surface area contributed by atoms with E-state index in [9.17, 15) is 18.4 Å². The molecule has 0 aliphatic heterocycles. The van der Waals surface area contributed by atoms with Crippen molar-refractivity contribution in [2.45, 2.75) is 0 Å². The molecule has 0 aliphatic carbocycles. The molecule has 192 valence electrons. The predicted molar refractivity (Wildman–Crippen MR) is 130 cm³/mol. The second-order valence-corrected chi connectivity index (χ2v) is 8.26. The summed E-state index contributed by atoms with van der Waals surface area (Å²) < 4.78 is 39.3. The number of aromatic nitrogens is 3. The fourth-order valence-corrected chi connectivity index (χ4v) is 3.85. The summed E-state index contributed by atoms with van der Waals surface area (Å²) in [5.74, 6) is -2.63. The van der Waals surface area contributed by atoms with Crippen LogP contribution in [0.4, 0.5) is 30.2 Å². The molecule has 4 rings (SSSR count). The van der Waals surface area contributed by atoms with E-state index in [2.05, 4.69) is 31.1 Å². The van der Waals surface area contributed by atoms with E-state index < -0.39 is 23.6 Å². The van der Waals surface area contributed by atoms with Crippen molar-refractivity contribution in [1.82, 2.24) is 20.4 Å². The van der Waals surface area contributed by atoms with Gasteiger partial charge in [-0.1, -0.05) is 22.6 Å². The first-order valence-corrected chi connectivity index (χ1v) is 11.3. The maximum absolute atomic E-state index is 14.6. The van der Waals surface area contributed by atoms with Crippen molar-refractivity contribution in [3.63, 3.8) is 0 Å². The van der Waals surface area contributed by atoms with Crippen LogP contribution in [0.5, 0.6) is 5.75 Å².